The number of nitrogens with one attached hydrogen (secondary N) is 3. The van der Waals surface area contributed by atoms with Crippen molar-refractivity contribution in [2.75, 3.05) is 6.54 Å². The maximum Gasteiger partial charge on any atom is 0.322 e. The van der Waals surface area contributed by atoms with E-state index in [-0.39, 0.29) is 12.3 Å². The van der Waals surface area contributed by atoms with Crippen LogP contribution in [0, 0.1) is 5.92 Å². The lowest BCUT2D eigenvalue weighted by molar-refractivity contribution is -0.138. The Hall–Kier alpha value is -2.94. The molecule has 0 heterocycles. The molecular weight excluding hydrogens is 364 g/mol. The number of carbonyl (C=O) groups excluding carboxylic acids is 3. The number of hydrogen-bond acceptors (Lipinski definition) is 5. The minimum absolute atomic E-state index is 0.171. The number of rotatable bonds is 10. The van der Waals surface area contributed by atoms with E-state index in [0.717, 1.165) is 5.56 Å². The molecule has 3 amide bonds. The molecule has 0 radical (unpaired) electrons. The maximum absolute atomic E-state index is 12.7. The number of hydrogen-bond donors (Lipinski definition) is 5. The molecule has 3 atom stereocenters. The first-order valence-electron chi connectivity index (χ1n) is 9.01. The quantitative estimate of drug-likeness (QED) is 0.359. The number of carboxylic acid groups (broad SMARTS) is 1. The molecule has 1 aromatic rings. The summed E-state index contributed by atoms with van der Waals surface area (Å²) >= 11 is 0. The van der Waals surface area contributed by atoms with Gasteiger partial charge in [-0.1, -0.05) is 44.2 Å². The number of nitrogens with two attached hydrogens (primary N) is 1. The Bertz CT molecular complexity index is 691. The lowest BCUT2D eigenvalue weighted by Crippen LogP contribution is -2.57. The van der Waals surface area contributed by atoms with Gasteiger partial charge in [-0.05, 0) is 18.4 Å². The molecule has 0 saturated carbocycles. The smallest absolute Gasteiger partial charge is 0.322 e. The summed E-state index contributed by atoms with van der Waals surface area (Å²) in [6.07, 6.45) is 0.171. The fourth-order valence-corrected chi connectivity index (χ4v) is 2.43. The van der Waals surface area contributed by atoms with Gasteiger partial charge in [-0.3, -0.25) is 19.2 Å². The van der Waals surface area contributed by atoms with Gasteiger partial charge in [-0.25, -0.2) is 0 Å². The first-order chi connectivity index (χ1) is 13.1. The average molecular weight is 392 g/mol. The summed E-state index contributed by atoms with van der Waals surface area (Å²) < 4.78 is 0. The van der Waals surface area contributed by atoms with Gasteiger partial charge in [0.1, 0.15) is 18.6 Å². The molecule has 0 aliphatic carbocycles. The largest absolute Gasteiger partial charge is 0.480 e. The molecule has 9 heteroatoms. The van der Waals surface area contributed by atoms with Gasteiger partial charge in [-0.15, -0.1) is 0 Å². The summed E-state index contributed by atoms with van der Waals surface area (Å²) in [5.41, 5.74) is 6.33. The number of aliphatic carboxylic acids is 1. The maximum atomic E-state index is 12.7. The first-order valence-corrected chi connectivity index (χ1v) is 9.01. The average Bonchev–Trinajstić information content (AvgIpc) is 2.63. The summed E-state index contributed by atoms with van der Waals surface area (Å²) in [5.74, 6) is -3.09. The zero-order valence-electron chi connectivity index (χ0n) is 16.3. The molecule has 0 bridgehead atoms. The SMILES string of the molecule is CC(N)C(=O)NC(C(=O)NC(Cc1ccccc1)C(=O)NCC(=O)O)C(C)C. The summed E-state index contributed by atoms with van der Waals surface area (Å²) in [6, 6.07) is 6.33. The van der Waals surface area contributed by atoms with Crippen molar-refractivity contribution >= 4 is 23.7 Å². The van der Waals surface area contributed by atoms with Crippen LogP contribution in [-0.2, 0) is 25.6 Å². The third-order valence-corrected chi connectivity index (χ3v) is 3.99. The van der Waals surface area contributed by atoms with Crippen LogP contribution >= 0.6 is 0 Å². The predicted molar refractivity (Wildman–Crippen MR) is 103 cm³/mol. The van der Waals surface area contributed by atoms with Gasteiger partial charge in [0.25, 0.3) is 0 Å². The molecule has 9 nitrogen and oxygen atoms in total. The van der Waals surface area contributed by atoms with Crippen molar-refractivity contribution in [3.63, 3.8) is 0 Å². The summed E-state index contributed by atoms with van der Waals surface area (Å²) in [6.45, 7) is 4.45. The molecule has 0 spiro atoms. The Morgan fingerprint density at radius 2 is 1.57 bits per heavy atom. The molecule has 0 aromatic heterocycles. The van der Waals surface area contributed by atoms with Crippen molar-refractivity contribution < 1.29 is 24.3 Å². The van der Waals surface area contributed by atoms with E-state index < -0.39 is 48.4 Å². The molecule has 0 saturated heterocycles. The Kier molecular flexibility index (Phi) is 9.10. The fourth-order valence-electron chi connectivity index (χ4n) is 2.43. The number of carboxylic acids is 1. The minimum atomic E-state index is -1.19. The van der Waals surface area contributed by atoms with E-state index in [4.69, 9.17) is 10.8 Å². The van der Waals surface area contributed by atoms with Crippen molar-refractivity contribution in [3.8, 4) is 0 Å². The third-order valence-electron chi connectivity index (χ3n) is 3.99. The Balaban J connectivity index is 2.94. The molecule has 3 unspecified atom stereocenters. The Labute approximate surface area is 164 Å². The highest BCUT2D eigenvalue weighted by Crippen LogP contribution is 2.07. The van der Waals surface area contributed by atoms with E-state index >= 15 is 0 Å². The topological polar surface area (TPSA) is 151 Å². The molecule has 0 aliphatic rings. The molecular formula is C19H28N4O5. The highest BCUT2D eigenvalue weighted by atomic mass is 16.4. The van der Waals surface area contributed by atoms with E-state index in [9.17, 15) is 19.2 Å². The molecule has 154 valence electrons. The highest BCUT2D eigenvalue weighted by molar-refractivity contribution is 5.93. The van der Waals surface area contributed by atoms with E-state index in [1.54, 1.807) is 38.1 Å². The van der Waals surface area contributed by atoms with Crippen LogP contribution < -0.4 is 21.7 Å². The minimum Gasteiger partial charge on any atom is -0.480 e. The molecule has 1 aromatic carbocycles. The fraction of sp³-hybridized carbons (Fsp3) is 0.474. The van der Waals surface area contributed by atoms with Crippen molar-refractivity contribution in [1.29, 1.82) is 0 Å². The van der Waals surface area contributed by atoms with Crippen LogP contribution in [0.3, 0.4) is 0 Å². The number of benzene rings is 1. The van der Waals surface area contributed by atoms with Crippen molar-refractivity contribution in [2.24, 2.45) is 11.7 Å². The van der Waals surface area contributed by atoms with Gasteiger partial charge in [0, 0.05) is 6.42 Å². The molecule has 6 N–H and O–H groups in total. The van der Waals surface area contributed by atoms with Gasteiger partial charge < -0.3 is 26.8 Å². The summed E-state index contributed by atoms with van der Waals surface area (Å²) in [5, 5.41) is 16.2. The van der Waals surface area contributed by atoms with Crippen LogP contribution in [0.25, 0.3) is 0 Å². The second-order valence-electron chi connectivity index (χ2n) is 6.88. The standard InChI is InChI=1S/C19H28N4O5/c1-11(2)16(23-17(26)12(3)20)19(28)22-14(18(27)21-10-15(24)25)9-13-7-5-4-6-8-13/h4-8,11-12,14,16H,9-10,20H2,1-3H3,(H,21,27)(H,22,28)(H,23,26)(H,24,25). The van der Waals surface area contributed by atoms with E-state index in [2.05, 4.69) is 16.0 Å². The van der Waals surface area contributed by atoms with Crippen LogP contribution in [-0.4, -0.2) is 53.5 Å². The van der Waals surface area contributed by atoms with Crippen LogP contribution in [0.5, 0.6) is 0 Å². The number of amides is 3. The normalized spacial score (nSPS) is 13.9. The number of carbonyl (C=O) groups is 4. The monoisotopic (exact) mass is 392 g/mol. The van der Waals surface area contributed by atoms with Gasteiger partial charge in [-0.2, -0.15) is 0 Å². The molecule has 1 rings (SSSR count). The van der Waals surface area contributed by atoms with Crippen molar-refractivity contribution in [3.05, 3.63) is 35.9 Å². The lowest BCUT2D eigenvalue weighted by atomic mass is 10.0. The third kappa shape index (κ3) is 7.75. The Morgan fingerprint density at radius 1 is 0.964 bits per heavy atom. The van der Waals surface area contributed by atoms with Crippen molar-refractivity contribution in [1.82, 2.24) is 16.0 Å². The lowest BCUT2D eigenvalue weighted by Gasteiger charge is -2.26. The van der Waals surface area contributed by atoms with Gasteiger partial charge in [0.05, 0.1) is 6.04 Å². The molecule has 0 aliphatic heterocycles. The van der Waals surface area contributed by atoms with Gasteiger partial charge in [0.2, 0.25) is 17.7 Å². The van der Waals surface area contributed by atoms with Crippen LogP contribution in [0.1, 0.15) is 26.3 Å². The Morgan fingerprint density at radius 3 is 2.07 bits per heavy atom. The van der Waals surface area contributed by atoms with E-state index in [1.165, 1.54) is 6.92 Å². The molecule has 0 fully saturated rings. The van der Waals surface area contributed by atoms with Gasteiger partial charge >= 0.3 is 5.97 Å². The van der Waals surface area contributed by atoms with E-state index in [0.29, 0.717) is 0 Å². The predicted octanol–water partition coefficient (Wildman–Crippen LogP) is -0.597. The van der Waals surface area contributed by atoms with Crippen molar-refractivity contribution in [2.45, 2.75) is 45.3 Å². The summed E-state index contributed by atoms with van der Waals surface area (Å²) in [7, 11) is 0. The zero-order valence-corrected chi connectivity index (χ0v) is 16.3. The van der Waals surface area contributed by atoms with Crippen LogP contribution in [0.15, 0.2) is 30.3 Å². The zero-order chi connectivity index (χ0) is 21.3. The van der Waals surface area contributed by atoms with E-state index in [1.807, 2.05) is 6.07 Å². The highest BCUT2D eigenvalue weighted by Gasteiger charge is 2.29. The molecule has 28 heavy (non-hydrogen) atoms. The van der Waals surface area contributed by atoms with Crippen LogP contribution in [0.2, 0.25) is 0 Å². The summed E-state index contributed by atoms with van der Waals surface area (Å²) in [4.78, 5) is 47.8. The second-order valence-corrected chi connectivity index (χ2v) is 6.88. The second kappa shape index (κ2) is 11.0. The first kappa shape index (κ1) is 23.1. The van der Waals surface area contributed by atoms with Gasteiger partial charge in [0.15, 0.2) is 0 Å². The van der Waals surface area contributed by atoms with Crippen LogP contribution in [0.4, 0.5) is 0 Å².